The predicted octanol–water partition coefficient (Wildman–Crippen LogP) is 6.87. The van der Waals surface area contributed by atoms with E-state index in [0.717, 1.165) is 48.8 Å². The molecule has 8 heteroatoms. The Morgan fingerprint density at radius 3 is 2.38 bits per heavy atom. The lowest BCUT2D eigenvalue weighted by molar-refractivity contribution is -0.343. The normalized spacial score (nSPS) is 48.3. The van der Waals surface area contributed by atoms with Crippen molar-refractivity contribution in [1.29, 1.82) is 0 Å². The van der Waals surface area contributed by atoms with Gasteiger partial charge in [-0.25, -0.2) is 0 Å². The zero-order chi connectivity index (χ0) is 35.3. The lowest BCUT2D eigenvalue weighted by Gasteiger charge is -2.66. The van der Waals surface area contributed by atoms with Gasteiger partial charge >= 0.3 is 0 Å². The Kier molecular flexibility index (Phi) is 6.09. The van der Waals surface area contributed by atoms with Crippen molar-refractivity contribution in [2.24, 2.45) is 23.2 Å². The molecule has 1 aromatic heterocycles. The van der Waals surface area contributed by atoms with E-state index in [1.54, 1.807) is 0 Å². The second kappa shape index (κ2) is 9.34. The van der Waals surface area contributed by atoms with Crippen LogP contribution < -0.4 is 0 Å². The molecule has 4 unspecified atom stereocenters. The highest BCUT2D eigenvalue weighted by atomic mass is 16.8. The number of benzene rings is 1. The highest BCUT2D eigenvalue weighted by molar-refractivity contribution is 6.06. The van der Waals surface area contributed by atoms with Gasteiger partial charge < -0.3 is 33.8 Å². The fourth-order valence-corrected chi connectivity index (χ4v) is 13.6. The third-order valence-corrected chi connectivity index (χ3v) is 15.9. The Morgan fingerprint density at radius 2 is 1.64 bits per heavy atom. The van der Waals surface area contributed by atoms with Crippen molar-refractivity contribution in [2.75, 3.05) is 0 Å². The third kappa shape index (κ3) is 3.54. The van der Waals surface area contributed by atoms with Crippen molar-refractivity contribution in [3.8, 4) is 0 Å². The smallest absolute Gasteiger partial charge is 0.178 e. The number of aliphatic hydroxyl groups is 1. The summed E-state index contributed by atoms with van der Waals surface area (Å²) in [4.78, 5) is 18.2. The molecule has 12 atom stereocenters. The first-order chi connectivity index (χ1) is 23.3. The summed E-state index contributed by atoms with van der Waals surface area (Å²) >= 11 is 0. The van der Waals surface area contributed by atoms with Crippen molar-refractivity contribution >= 4 is 16.7 Å². The van der Waals surface area contributed by atoms with Crippen LogP contribution in [0.4, 0.5) is 0 Å². The molecule has 1 spiro atoms. The van der Waals surface area contributed by atoms with Crippen molar-refractivity contribution in [2.45, 2.75) is 172 Å². The Labute approximate surface area is 296 Å². The third-order valence-electron chi connectivity index (χ3n) is 15.9. The van der Waals surface area contributed by atoms with Gasteiger partial charge in [0.1, 0.15) is 23.9 Å². The minimum atomic E-state index is -1.11. The minimum Gasteiger partial charge on any atom is -0.386 e. The number of ether oxygens (including phenoxy) is 5. The van der Waals surface area contributed by atoms with Crippen LogP contribution in [-0.2, 0) is 41.9 Å². The molecule has 4 aliphatic heterocycles. The van der Waals surface area contributed by atoms with Crippen molar-refractivity contribution < 1.29 is 33.6 Å². The monoisotopic (exact) mass is 685 g/mol. The number of rotatable bonds is 1. The van der Waals surface area contributed by atoms with E-state index in [2.05, 4.69) is 86.4 Å². The van der Waals surface area contributed by atoms with E-state index in [0.29, 0.717) is 12.3 Å². The molecule has 1 aromatic carbocycles. The maximum Gasteiger partial charge on any atom is 0.178 e. The maximum atomic E-state index is 14.3. The van der Waals surface area contributed by atoms with Crippen LogP contribution >= 0.6 is 0 Å². The zero-order valence-electron chi connectivity index (χ0n) is 31.5. The average Bonchev–Trinajstić information content (AvgIpc) is 3.51. The number of ketones is 1. The number of epoxide rings is 1. The molecule has 4 aliphatic carbocycles. The van der Waals surface area contributed by atoms with E-state index in [1.165, 1.54) is 22.2 Å². The number of carbonyl (C=O) groups excluding carboxylic acids is 1. The number of aromatic nitrogens is 1. The van der Waals surface area contributed by atoms with Crippen LogP contribution in [0.5, 0.6) is 0 Å². The number of allylic oxidation sites excluding steroid dienone is 1. The summed E-state index contributed by atoms with van der Waals surface area (Å²) in [7, 11) is 0. The molecule has 2 aromatic rings. The number of Topliss-reactive ketones (excluding diaryl/α,β-unsaturated/α-hetero) is 1. The summed E-state index contributed by atoms with van der Waals surface area (Å²) in [6.07, 6.45) is 5.41. The SMILES string of the molecule is CC(C)=C[C@H]1O[C@H]2[C@H]3O[C@@]34[C@H](CCC3(C)[C@@]5(C)c6[nH]c7ccc8c(c7c6CC5CC[C@]34O)CC3C(C8=O)C(C)(C)OC3(C)C)O[C@@H]2C(C)(C)O1. The molecule has 0 radical (unpaired) electrons. The van der Waals surface area contributed by atoms with Crippen LogP contribution in [0.3, 0.4) is 0 Å². The van der Waals surface area contributed by atoms with Gasteiger partial charge in [0, 0.05) is 38.9 Å². The predicted molar refractivity (Wildman–Crippen MR) is 188 cm³/mol. The van der Waals surface area contributed by atoms with Crippen LogP contribution in [0.25, 0.3) is 10.9 Å². The summed E-state index contributed by atoms with van der Waals surface area (Å²) < 4.78 is 33.4. The highest BCUT2D eigenvalue weighted by Gasteiger charge is 2.87. The largest absolute Gasteiger partial charge is 0.386 e. The summed E-state index contributed by atoms with van der Waals surface area (Å²) in [5.41, 5.74) is 2.69. The Morgan fingerprint density at radius 1 is 0.880 bits per heavy atom. The molecule has 6 fully saturated rings. The molecule has 10 rings (SSSR count). The molecule has 5 heterocycles. The number of aromatic amines is 1. The van der Waals surface area contributed by atoms with Gasteiger partial charge in [-0.2, -0.15) is 0 Å². The first kappa shape index (κ1) is 32.6. The molecule has 0 bridgehead atoms. The quantitative estimate of drug-likeness (QED) is 0.250. The number of carbonyl (C=O) groups is 1. The Bertz CT molecular complexity index is 1900. The number of fused-ring (bicyclic) bond motifs is 12. The Balaban J connectivity index is 1.07. The summed E-state index contributed by atoms with van der Waals surface area (Å²) in [6, 6.07) is 4.19. The van der Waals surface area contributed by atoms with Crippen LogP contribution in [-0.4, -0.2) is 74.6 Å². The first-order valence-electron chi connectivity index (χ1n) is 19.3. The van der Waals surface area contributed by atoms with E-state index in [1.807, 2.05) is 6.08 Å². The van der Waals surface area contributed by atoms with Crippen molar-refractivity contribution in [1.82, 2.24) is 4.98 Å². The summed E-state index contributed by atoms with van der Waals surface area (Å²) in [5, 5.41) is 14.7. The molecule has 270 valence electrons. The van der Waals surface area contributed by atoms with Gasteiger partial charge in [0.15, 0.2) is 17.7 Å². The zero-order valence-corrected chi connectivity index (χ0v) is 31.5. The molecule has 50 heavy (non-hydrogen) atoms. The van der Waals surface area contributed by atoms with E-state index in [4.69, 9.17) is 23.7 Å². The van der Waals surface area contributed by atoms with E-state index in [-0.39, 0.29) is 53.1 Å². The van der Waals surface area contributed by atoms with Crippen molar-refractivity contribution in [3.63, 3.8) is 0 Å². The molecule has 2 N–H and O–H groups in total. The van der Waals surface area contributed by atoms with E-state index < -0.39 is 34.1 Å². The number of hydrogen-bond acceptors (Lipinski definition) is 7. The van der Waals surface area contributed by atoms with Gasteiger partial charge in [-0.3, -0.25) is 4.79 Å². The molecule has 2 saturated carbocycles. The number of nitrogens with one attached hydrogen (secondary N) is 1. The molecule has 0 amide bonds. The summed E-state index contributed by atoms with van der Waals surface area (Å²) in [6.45, 7) is 21.5. The van der Waals surface area contributed by atoms with Crippen LogP contribution in [0.1, 0.15) is 122 Å². The fraction of sp³-hybridized carbons (Fsp3) is 0.738. The topological polar surface area (TPSA) is 103 Å². The number of hydrogen-bond donors (Lipinski definition) is 2. The second-order valence-corrected chi connectivity index (χ2v) is 19.6. The molecule has 8 aliphatic rings. The average molecular weight is 686 g/mol. The van der Waals surface area contributed by atoms with Gasteiger partial charge in [0.05, 0.1) is 28.8 Å². The molecule has 8 nitrogen and oxygen atoms in total. The molecular weight excluding hydrogens is 630 g/mol. The lowest BCUT2D eigenvalue weighted by atomic mass is 9.40. The molecule has 4 saturated heterocycles. The standard InChI is InChI=1S/C42H55NO7/c1-20(2)17-28-47-32-34(38(7,8)48-28)46-27-14-15-39(9)40(10)21(13-16-41(39,45)42(27)35(32)49-42)18-24-29-23-19-25-30(37(5,6)50-36(25,3)4)31(44)22(23)11-12-26(29)43-33(24)40/h11-12,17,21,25,27-28,30,32,34-35,43,45H,13-16,18-19H2,1-10H3/t21?,25?,27-,28-,30?,32+,34-,35+,39?,40+,41-,42-/m0/s1. The van der Waals surface area contributed by atoms with E-state index in [9.17, 15) is 9.90 Å². The fourth-order valence-electron chi connectivity index (χ4n) is 13.6. The van der Waals surface area contributed by atoms with Crippen molar-refractivity contribution in [3.05, 3.63) is 46.2 Å². The number of H-pyrrole nitrogens is 1. The van der Waals surface area contributed by atoms with Gasteiger partial charge in [-0.05, 0) is 129 Å². The molecular formula is C42H55NO7. The Hall–Kier alpha value is -2.07. The maximum absolute atomic E-state index is 14.3. The van der Waals surface area contributed by atoms with Crippen LogP contribution in [0, 0.1) is 23.2 Å². The minimum absolute atomic E-state index is 0.123. The summed E-state index contributed by atoms with van der Waals surface area (Å²) in [5.74, 6) is 0.568. The van der Waals surface area contributed by atoms with Gasteiger partial charge in [0.2, 0.25) is 0 Å². The lowest BCUT2D eigenvalue weighted by Crippen LogP contribution is -2.77. The van der Waals surface area contributed by atoms with Crippen LogP contribution in [0.2, 0.25) is 0 Å². The van der Waals surface area contributed by atoms with Gasteiger partial charge in [0.25, 0.3) is 0 Å². The van der Waals surface area contributed by atoms with Crippen LogP contribution in [0.15, 0.2) is 23.8 Å². The first-order valence-corrected chi connectivity index (χ1v) is 19.3. The van der Waals surface area contributed by atoms with Gasteiger partial charge in [-0.15, -0.1) is 0 Å². The second-order valence-electron chi connectivity index (χ2n) is 19.6. The van der Waals surface area contributed by atoms with E-state index >= 15 is 0 Å². The highest BCUT2D eigenvalue weighted by Crippen LogP contribution is 2.75. The van der Waals surface area contributed by atoms with Gasteiger partial charge in [-0.1, -0.05) is 19.4 Å².